The minimum absolute atomic E-state index is 0.301. The van der Waals surface area contributed by atoms with Crippen LogP contribution in [-0.2, 0) is 0 Å². The van der Waals surface area contributed by atoms with Gasteiger partial charge < -0.3 is 0 Å². The Bertz CT molecular complexity index is 235. The molecule has 1 N–H and O–H groups in total. The van der Waals surface area contributed by atoms with Crippen LogP contribution in [0.2, 0.25) is 0 Å². The van der Waals surface area contributed by atoms with Gasteiger partial charge in [0.05, 0.1) is 12.6 Å². The smallest absolute Gasteiger partial charge is 0.0845 e. The van der Waals surface area contributed by atoms with Crippen molar-refractivity contribution in [3.63, 3.8) is 0 Å². The second kappa shape index (κ2) is 4.12. The zero-order chi connectivity index (χ0) is 8.10. The van der Waals surface area contributed by atoms with Gasteiger partial charge in [0.1, 0.15) is 0 Å². The first-order valence-corrected chi connectivity index (χ1v) is 4.36. The van der Waals surface area contributed by atoms with Crippen LogP contribution in [0.25, 0.3) is 0 Å². The van der Waals surface area contributed by atoms with Gasteiger partial charge in [-0.1, -0.05) is 6.07 Å². The number of nitrogens with one attached hydrogen (secondary N) is 1. The molecule has 58 valence electrons. The molecule has 1 atom stereocenters. The lowest BCUT2D eigenvalue weighted by Gasteiger charge is -2.07. The Morgan fingerprint density at radius 1 is 1.82 bits per heavy atom. The summed E-state index contributed by atoms with van der Waals surface area (Å²) in [5, 5.41) is 13.4. The van der Waals surface area contributed by atoms with Gasteiger partial charge in [-0.2, -0.15) is 5.26 Å². The fourth-order valence-corrected chi connectivity index (χ4v) is 1.60. The maximum absolute atomic E-state index is 8.30. The molecular weight excluding hydrogens is 156 g/mol. The average molecular weight is 166 g/mol. The molecule has 3 heteroatoms. The van der Waals surface area contributed by atoms with Crippen molar-refractivity contribution in [2.24, 2.45) is 0 Å². The van der Waals surface area contributed by atoms with E-state index >= 15 is 0 Å². The lowest BCUT2D eigenvalue weighted by atomic mass is 10.3. The minimum Gasteiger partial charge on any atom is -0.297 e. The molecule has 1 aromatic heterocycles. The lowest BCUT2D eigenvalue weighted by Crippen LogP contribution is -2.17. The van der Waals surface area contributed by atoms with Crippen LogP contribution in [0.4, 0.5) is 0 Å². The van der Waals surface area contributed by atoms with Crippen LogP contribution in [-0.4, -0.2) is 6.54 Å². The highest BCUT2D eigenvalue weighted by Gasteiger charge is 2.03. The van der Waals surface area contributed by atoms with Gasteiger partial charge in [0, 0.05) is 10.9 Å². The summed E-state index contributed by atoms with van der Waals surface area (Å²) in [6.45, 7) is 2.47. The van der Waals surface area contributed by atoms with Crippen molar-refractivity contribution >= 4 is 11.3 Å². The molecule has 0 amide bonds. The largest absolute Gasteiger partial charge is 0.297 e. The summed E-state index contributed by atoms with van der Waals surface area (Å²) in [4.78, 5) is 1.28. The van der Waals surface area contributed by atoms with E-state index in [0.717, 1.165) is 0 Å². The summed E-state index contributed by atoms with van der Waals surface area (Å²) in [6, 6.07) is 6.44. The summed E-state index contributed by atoms with van der Waals surface area (Å²) in [5.41, 5.74) is 0. The van der Waals surface area contributed by atoms with Crippen molar-refractivity contribution in [2.75, 3.05) is 6.54 Å². The molecule has 0 aliphatic heterocycles. The molecular formula is C8H10N2S. The van der Waals surface area contributed by atoms with E-state index in [4.69, 9.17) is 5.26 Å². The highest BCUT2D eigenvalue weighted by Crippen LogP contribution is 2.17. The molecule has 1 unspecified atom stereocenters. The lowest BCUT2D eigenvalue weighted by molar-refractivity contribution is 0.631. The number of nitriles is 1. The topological polar surface area (TPSA) is 35.8 Å². The summed E-state index contributed by atoms with van der Waals surface area (Å²) in [6.07, 6.45) is 0. The fourth-order valence-electron chi connectivity index (χ4n) is 0.837. The van der Waals surface area contributed by atoms with Gasteiger partial charge in [-0.15, -0.1) is 11.3 Å². The Morgan fingerprint density at radius 2 is 2.64 bits per heavy atom. The van der Waals surface area contributed by atoms with Crippen molar-refractivity contribution in [1.82, 2.24) is 5.32 Å². The molecule has 0 spiro atoms. The molecule has 0 fully saturated rings. The van der Waals surface area contributed by atoms with E-state index in [1.807, 2.05) is 11.4 Å². The number of hydrogen-bond acceptors (Lipinski definition) is 3. The van der Waals surface area contributed by atoms with Gasteiger partial charge in [0.2, 0.25) is 0 Å². The SMILES string of the molecule is CC(NCC#N)c1cccs1. The highest BCUT2D eigenvalue weighted by molar-refractivity contribution is 7.10. The summed E-state index contributed by atoms with van der Waals surface area (Å²) in [7, 11) is 0. The van der Waals surface area contributed by atoms with E-state index in [1.165, 1.54) is 4.88 Å². The molecule has 0 saturated carbocycles. The maximum Gasteiger partial charge on any atom is 0.0845 e. The van der Waals surface area contributed by atoms with E-state index < -0.39 is 0 Å². The molecule has 11 heavy (non-hydrogen) atoms. The van der Waals surface area contributed by atoms with Gasteiger partial charge >= 0.3 is 0 Å². The maximum atomic E-state index is 8.30. The quantitative estimate of drug-likeness (QED) is 0.696. The van der Waals surface area contributed by atoms with Crippen molar-refractivity contribution in [1.29, 1.82) is 5.26 Å². The highest BCUT2D eigenvalue weighted by atomic mass is 32.1. The minimum atomic E-state index is 0.301. The Balaban J connectivity index is 2.44. The molecule has 1 rings (SSSR count). The van der Waals surface area contributed by atoms with Gasteiger partial charge in [-0.05, 0) is 18.4 Å². The summed E-state index contributed by atoms with van der Waals surface area (Å²) in [5.74, 6) is 0. The molecule has 0 aliphatic carbocycles. The van der Waals surface area contributed by atoms with Crippen molar-refractivity contribution in [3.8, 4) is 6.07 Å². The number of rotatable bonds is 3. The van der Waals surface area contributed by atoms with Gasteiger partial charge in [-0.3, -0.25) is 5.32 Å². The molecule has 0 bridgehead atoms. The summed E-state index contributed by atoms with van der Waals surface area (Å²) >= 11 is 1.71. The van der Waals surface area contributed by atoms with Crippen LogP contribution in [0.3, 0.4) is 0 Å². The van der Waals surface area contributed by atoms with Gasteiger partial charge in [0.25, 0.3) is 0 Å². The second-order valence-electron chi connectivity index (χ2n) is 2.28. The molecule has 0 aliphatic rings. The third-order valence-electron chi connectivity index (χ3n) is 1.46. The van der Waals surface area contributed by atoms with Crippen LogP contribution in [0.5, 0.6) is 0 Å². The van der Waals surface area contributed by atoms with E-state index in [1.54, 1.807) is 11.3 Å². The van der Waals surface area contributed by atoms with E-state index in [-0.39, 0.29) is 0 Å². The van der Waals surface area contributed by atoms with Crippen LogP contribution in [0.1, 0.15) is 17.8 Å². The van der Waals surface area contributed by atoms with Crippen molar-refractivity contribution < 1.29 is 0 Å². The zero-order valence-corrected chi connectivity index (χ0v) is 7.19. The third kappa shape index (κ3) is 2.34. The number of nitrogens with zero attached hydrogens (tertiary/aromatic N) is 1. The van der Waals surface area contributed by atoms with E-state index in [0.29, 0.717) is 12.6 Å². The molecule has 1 heterocycles. The predicted molar refractivity (Wildman–Crippen MR) is 46.3 cm³/mol. The van der Waals surface area contributed by atoms with E-state index in [9.17, 15) is 0 Å². The van der Waals surface area contributed by atoms with Gasteiger partial charge in [-0.25, -0.2) is 0 Å². The third-order valence-corrected chi connectivity index (χ3v) is 2.51. The number of hydrogen-bond donors (Lipinski definition) is 1. The molecule has 0 saturated heterocycles. The zero-order valence-electron chi connectivity index (χ0n) is 6.37. The molecule has 1 aromatic rings. The first kappa shape index (κ1) is 8.25. The first-order chi connectivity index (χ1) is 5.34. The summed E-state index contributed by atoms with van der Waals surface area (Å²) < 4.78 is 0. The van der Waals surface area contributed by atoms with Crippen LogP contribution < -0.4 is 5.32 Å². The van der Waals surface area contributed by atoms with Crippen LogP contribution in [0, 0.1) is 11.3 Å². The normalized spacial score (nSPS) is 12.4. The first-order valence-electron chi connectivity index (χ1n) is 3.48. The van der Waals surface area contributed by atoms with Crippen LogP contribution >= 0.6 is 11.3 Å². The monoisotopic (exact) mass is 166 g/mol. The van der Waals surface area contributed by atoms with E-state index in [2.05, 4.69) is 24.4 Å². The molecule has 0 radical (unpaired) electrons. The fraction of sp³-hybridized carbons (Fsp3) is 0.375. The predicted octanol–water partition coefficient (Wildman–Crippen LogP) is 1.92. The molecule has 0 aromatic carbocycles. The Labute approximate surface area is 70.5 Å². The molecule has 2 nitrogen and oxygen atoms in total. The second-order valence-corrected chi connectivity index (χ2v) is 3.26. The Kier molecular flexibility index (Phi) is 3.09. The Hall–Kier alpha value is -0.850. The average Bonchev–Trinajstić information content (AvgIpc) is 2.52. The van der Waals surface area contributed by atoms with Crippen molar-refractivity contribution in [3.05, 3.63) is 22.4 Å². The van der Waals surface area contributed by atoms with Crippen molar-refractivity contribution in [2.45, 2.75) is 13.0 Å². The Morgan fingerprint density at radius 3 is 3.18 bits per heavy atom. The standard InChI is InChI=1S/C8H10N2S/c1-7(10-5-4-9)8-3-2-6-11-8/h2-3,6-7,10H,5H2,1H3. The van der Waals surface area contributed by atoms with Gasteiger partial charge in [0.15, 0.2) is 0 Å². The van der Waals surface area contributed by atoms with Crippen LogP contribution in [0.15, 0.2) is 17.5 Å². The number of thiophene rings is 1.